The van der Waals surface area contributed by atoms with Gasteiger partial charge >= 0.3 is 18.1 Å². The molecule has 2 aromatic heterocycles. The number of rotatable bonds is 5. The van der Waals surface area contributed by atoms with E-state index in [0.717, 1.165) is 36.4 Å². The number of nitrogens with one attached hydrogen (secondary N) is 1. The summed E-state index contributed by atoms with van der Waals surface area (Å²) in [7, 11) is 0. The van der Waals surface area contributed by atoms with Crippen molar-refractivity contribution in [2.24, 2.45) is 0 Å². The standard InChI is InChI=1S/C18H20N6O3.C2HF3O2/c25-15(26)12-24-17(27)16-14(10-20-24)21-18(22-8-6-19-7-9-22)23(16)11-13-4-2-1-3-5-13;3-2(4,5)1(6)7/h1-5,10,19H,6-9,11-12H2,(H,25,26);(H,6,7). The fourth-order valence-corrected chi connectivity index (χ4v) is 3.34. The van der Waals surface area contributed by atoms with Gasteiger partial charge in [0.2, 0.25) is 5.95 Å². The average Bonchev–Trinajstić information content (AvgIpc) is 3.15. The number of alkyl halides is 3. The molecule has 1 saturated heterocycles. The van der Waals surface area contributed by atoms with Crippen molar-refractivity contribution >= 4 is 28.9 Å². The first-order valence-corrected chi connectivity index (χ1v) is 10.1. The molecule has 0 saturated carbocycles. The van der Waals surface area contributed by atoms with Gasteiger partial charge in [-0.15, -0.1) is 0 Å². The van der Waals surface area contributed by atoms with E-state index in [9.17, 15) is 22.8 Å². The van der Waals surface area contributed by atoms with Gasteiger partial charge in [0.1, 0.15) is 17.6 Å². The summed E-state index contributed by atoms with van der Waals surface area (Å²) < 4.78 is 34.6. The second-order valence-corrected chi connectivity index (χ2v) is 7.26. The Morgan fingerprint density at radius 1 is 1.09 bits per heavy atom. The third-order valence-electron chi connectivity index (χ3n) is 4.84. The predicted octanol–water partition coefficient (Wildman–Crippen LogP) is 0.769. The van der Waals surface area contributed by atoms with Crippen molar-refractivity contribution in [2.45, 2.75) is 19.3 Å². The van der Waals surface area contributed by atoms with Crippen LogP contribution in [-0.2, 0) is 22.7 Å². The van der Waals surface area contributed by atoms with Gasteiger partial charge in [-0.25, -0.2) is 14.5 Å². The summed E-state index contributed by atoms with van der Waals surface area (Å²) in [5, 5.41) is 23.4. The van der Waals surface area contributed by atoms with E-state index in [4.69, 9.17) is 15.0 Å². The number of anilines is 1. The van der Waals surface area contributed by atoms with Crippen LogP contribution in [0.1, 0.15) is 5.56 Å². The SMILES string of the molecule is O=C(O)C(F)(F)F.O=C(O)Cn1ncc2nc(N3CCNCC3)n(Cc3ccccc3)c2c1=O. The van der Waals surface area contributed by atoms with Crippen molar-refractivity contribution in [3.63, 3.8) is 0 Å². The zero-order chi connectivity index (χ0) is 24.9. The van der Waals surface area contributed by atoms with E-state index in [1.165, 1.54) is 6.20 Å². The van der Waals surface area contributed by atoms with E-state index in [1.54, 1.807) is 0 Å². The number of aromatic nitrogens is 4. The molecule has 0 spiro atoms. The van der Waals surface area contributed by atoms with E-state index in [1.807, 2.05) is 34.9 Å². The Hall–Kier alpha value is -3.94. The number of aliphatic carboxylic acids is 2. The van der Waals surface area contributed by atoms with Crippen LogP contribution >= 0.6 is 0 Å². The molecule has 34 heavy (non-hydrogen) atoms. The number of benzene rings is 1. The fraction of sp³-hybridized carbons (Fsp3) is 0.350. The molecule has 1 aliphatic heterocycles. The molecule has 0 atom stereocenters. The number of hydrogen-bond acceptors (Lipinski definition) is 7. The van der Waals surface area contributed by atoms with Crippen LogP contribution in [0.4, 0.5) is 19.1 Å². The molecule has 3 aromatic rings. The molecule has 14 heteroatoms. The molecule has 0 bridgehead atoms. The maximum absolute atomic E-state index is 12.9. The lowest BCUT2D eigenvalue weighted by molar-refractivity contribution is -0.192. The topological polar surface area (TPSA) is 143 Å². The van der Waals surface area contributed by atoms with Gasteiger partial charge in [0, 0.05) is 26.2 Å². The van der Waals surface area contributed by atoms with E-state index < -0.39 is 30.2 Å². The van der Waals surface area contributed by atoms with Crippen molar-refractivity contribution in [1.82, 2.24) is 24.6 Å². The van der Waals surface area contributed by atoms with Gasteiger partial charge in [0.05, 0.1) is 12.7 Å². The van der Waals surface area contributed by atoms with Crippen molar-refractivity contribution in [3.8, 4) is 0 Å². The van der Waals surface area contributed by atoms with E-state index >= 15 is 0 Å². The zero-order valence-electron chi connectivity index (χ0n) is 17.7. The number of carboxylic acids is 2. The Bertz CT molecular complexity index is 1220. The number of carboxylic acid groups (broad SMARTS) is 2. The average molecular weight is 482 g/mol. The van der Waals surface area contributed by atoms with E-state index in [-0.39, 0.29) is 0 Å². The van der Waals surface area contributed by atoms with E-state index in [0.29, 0.717) is 23.5 Å². The number of fused-ring (bicyclic) bond motifs is 1. The summed E-state index contributed by atoms with van der Waals surface area (Å²) in [4.78, 5) is 39.7. The Morgan fingerprint density at radius 3 is 2.26 bits per heavy atom. The van der Waals surface area contributed by atoms with Crippen LogP contribution in [0, 0.1) is 0 Å². The van der Waals surface area contributed by atoms with Gasteiger partial charge in [-0.3, -0.25) is 9.59 Å². The Morgan fingerprint density at radius 2 is 1.71 bits per heavy atom. The number of piperazine rings is 1. The van der Waals surface area contributed by atoms with Gasteiger partial charge in [-0.1, -0.05) is 30.3 Å². The molecule has 3 heterocycles. The second kappa shape index (κ2) is 10.3. The Labute approximate surface area is 190 Å². The fourth-order valence-electron chi connectivity index (χ4n) is 3.34. The number of nitrogens with zero attached hydrogens (tertiary/aromatic N) is 5. The molecule has 1 aromatic carbocycles. The molecule has 0 radical (unpaired) electrons. The van der Waals surface area contributed by atoms with E-state index in [2.05, 4.69) is 20.3 Å². The molecule has 182 valence electrons. The molecule has 1 aliphatic rings. The quantitative estimate of drug-likeness (QED) is 0.481. The summed E-state index contributed by atoms with van der Waals surface area (Å²) in [6.45, 7) is 3.26. The minimum atomic E-state index is -5.08. The van der Waals surface area contributed by atoms with Crippen LogP contribution < -0.4 is 15.8 Å². The van der Waals surface area contributed by atoms with Gasteiger partial charge in [-0.2, -0.15) is 18.3 Å². The molecular formula is C20H21F3N6O5. The molecule has 11 nitrogen and oxygen atoms in total. The third-order valence-corrected chi connectivity index (χ3v) is 4.84. The first-order valence-electron chi connectivity index (χ1n) is 10.1. The summed E-state index contributed by atoms with van der Waals surface area (Å²) in [5.74, 6) is -3.16. The number of halogens is 3. The van der Waals surface area contributed by atoms with Crippen molar-refractivity contribution in [3.05, 3.63) is 52.4 Å². The molecule has 0 amide bonds. The highest BCUT2D eigenvalue weighted by Crippen LogP contribution is 2.22. The highest BCUT2D eigenvalue weighted by molar-refractivity contribution is 5.77. The number of carbonyl (C=O) groups is 2. The summed E-state index contributed by atoms with van der Waals surface area (Å²) in [6.07, 6.45) is -3.62. The van der Waals surface area contributed by atoms with Gasteiger partial charge in [0.15, 0.2) is 0 Å². The minimum Gasteiger partial charge on any atom is -0.480 e. The highest BCUT2D eigenvalue weighted by Gasteiger charge is 2.38. The summed E-state index contributed by atoms with van der Waals surface area (Å²) in [6, 6.07) is 9.82. The smallest absolute Gasteiger partial charge is 0.480 e. The molecule has 4 rings (SSSR count). The Balaban J connectivity index is 0.000000406. The third kappa shape index (κ3) is 5.89. The minimum absolute atomic E-state index is 0.378. The normalized spacial score (nSPS) is 13.9. The largest absolute Gasteiger partial charge is 0.490 e. The second-order valence-electron chi connectivity index (χ2n) is 7.26. The molecule has 0 unspecified atom stereocenters. The lowest BCUT2D eigenvalue weighted by Crippen LogP contribution is -2.44. The first-order chi connectivity index (χ1) is 16.1. The summed E-state index contributed by atoms with van der Waals surface area (Å²) in [5.41, 5.74) is 1.45. The first kappa shape index (κ1) is 24.7. The summed E-state index contributed by atoms with van der Waals surface area (Å²) >= 11 is 0. The van der Waals surface area contributed by atoms with Crippen molar-refractivity contribution in [1.29, 1.82) is 0 Å². The molecular weight excluding hydrogens is 461 g/mol. The maximum Gasteiger partial charge on any atom is 0.490 e. The lowest BCUT2D eigenvalue weighted by Gasteiger charge is -2.28. The van der Waals surface area contributed by atoms with Crippen LogP contribution in [0.15, 0.2) is 41.3 Å². The highest BCUT2D eigenvalue weighted by atomic mass is 19.4. The van der Waals surface area contributed by atoms with Crippen LogP contribution in [0.25, 0.3) is 11.0 Å². The van der Waals surface area contributed by atoms with Crippen LogP contribution in [0.5, 0.6) is 0 Å². The van der Waals surface area contributed by atoms with Crippen molar-refractivity contribution < 1.29 is 33.0 Å². The predicted molar refractivity (Wildman–Crippen MR) is 114 cm³/mol. The van der Waals surface area contributed by atoms with Crippen LogP contribution in [0.2, 0.25) is 0 Å². The molecule has 1 fully saturated rings. The monoisotopic (exact) mass is 482 g/mol. The van der Waals surface area contributed by atoms with Gasteiger partial charge < -0.3 is 25.0 Å². The lowest BCUT2D eigenvalue weighted by atomic mass is 10.2. The Kier molecular flexibility index (Phi) is 7.50. The van der Waals surface area contributed by atoms with Crippen LogP contribution in [0.3, 0.4) is 0 Å². The van der Waals surface area contributed by atoms with Crippen LogP contribution in [-0.4, -0.2) is 73.8 Å². The molecule has 3 N–H and O–H groups in total. The number of imidazole rings is 1. The van der Waals surface area contributed by atoms with Gasteiger partial charge in [-0.05, 0) is 5.56 Å². The van der Waals surface area contributed by atoms with Crippen molar-refractivity contribution in [2.75, 3.05) is 31.1 Å². The number of hydrogen-bond donors (Lipinski definition) is 3. The van der Waals surface area contributed by atoms with Gasteiger partial charge in [0.25, 0.3) is 5.56 Å². The molecule has 0 aliphatic carbocycles. The zero-order valence-corrected chi connectivity index (χ0v) is 17.7. The maximum atomic E-state index is 12.9.